The fourth-order valence-electron chi connectivity index (χ4n) is 0.318. The highest BCUT2D eigenvalue weighted by Crippen LogP contribution is 1.90. The summed E-state index contributed by atoms with van der Waals surface area (Å²) in [5, 5.41) is 8.06. The lowest BCUT2D eigenvalue weighted by atomic mass is 10.1. The fraction of sp³-hybridized carbons (Fsp3) is 0.600. The molecule has 0 rings (SSSR count). The SMILES string of the molecule is CC(=O)C([NH])CC(=O)O. The van der Waals surface area contributed by atoms with Gasteiger partial charge in [-0.25, -0.2) is 5.73 Å². The zero-order valence-corrected chi connectivity index (χ0v) is 5.05. The maximum Gasteiger partial charge on any atom is 0.305 e. The second kappa shape index (κ2) is 3.19. The van der Waals surface area contributed by atoms with Crippen LogP contribution in [0.5, 0.6) is 0 Å². The number of carbonyl (C=O) groups is 2. The van der Waals surface area contributed by atoms with Gasteiger partial charge in [-0.1, -0.05) is 0 Å². The molecule has 0 aliphatic rings. The van der Waals surface area contributed by atoms with Gasteiger partial charge < -0.3 is 5.11 Å². The Labute approximate surface area is 52.7 Å². The molecule has 0 bridgehead atoms. The van der Waals surface area contributed by atoms with E-state index in [0.29, 0.717) is 0 Å². The predicted octanol–water partition coefficient (Wildman–Crippen LogP) is -0.298. The van der Waals surface area contributed by atoms with Gasteiger partial charge in [-0.2, -0.15) is 0 Å². The number of carboxylic acid groups (broad SMARTS) is 1. The molecule has 9 heavy (non-hydrogen) atoms. The van der Waals surface area contributed by atoms with Crippen LogP contribution in [0.15, 0.2) is 0 Å². The van der Waals surface area contributed by atoms with Crippen molar-refractivity contribution >= 4 is 11.8 Å². The molecule has 0 fully saturated rings. The van der Waals surface area contributed by atoms with Gasteiger partial charge in [-0.15, -0.1) is 0 Å². The standard InChI is InChI=1S/C5H8NO3/c1-3(7)4(6)2-5(8)9/h4,6H,2H2,1H3,(H,8,9). The van der Waals surface area contributed by atoms with E-state index in [1.165, 1.54) is 6.92 Å². The summed E-state index contributed by atoms with van der Waals surface area (Å²) in [5.41, 5.74) is 6.83. The van der Waals surface area contributed by atoms with Crippen molar-refractivity contribution in [1.29, 1.82) is 0 Å². The topological polar surface area (TPSA) is 78.2 Å². The molecular weight excluding hydrogens is 122 g/mol. The first-order valence-electron chi connectivity index (χ1n) is 2.47. The Kier molecular flexibility index (Phi) is 2.87. The molecule has 0 aromatic rings. The molecule has 0 saturated heterocycles. The van der Waals surface area contributed by atoms with Gasteiger partial charge in [0, 0.05) is 0 Å². The minimum absolute atomic E-state index is 0.394. The van der Waals surface area contributed by atoms with E-state index in [4.69, 9.17) is 10.8 Å². The molecule has 0 spiro atoms. The van der Waals surface area contributed by atoms with Crippen LogP contribution < -0.4 is 5.73 Å². The van der Waals surface area contributed by atoms with E-state index in [2.05, 4.69) is 0 Å². The lowest BCUT2D eigenvalue weighted by molar-refractivity contribution is -0.139. The Morgan fingerprint density at radius 2 is 2.11 bits per heavy atom. The van der Waals surface area contributed by atoms with E-state index >= 15 is 0 Å². The summed E-state index contributed by atoms with van der Waals surface area (Å²) in [4.78, 5) is 20.1. The number of nitrogens with one attached hydrogen (secondary N) is 1. The number of hydrogen-bond acceptors (Lipinski definition) is 2. The molecular formula is C5H8NO3. The third-order valence-electron chi connectivity index (χ3n) is 0.869. The molecule has 1 unspecified atom stereocenters. The van der Waals surface area contributed by atoms with Crippen LogP contribution in [-0.2, 0) is 9.59 Å². The van der Waals surface area contributed by atoms with Crippen LogP contribution in [0.3, 0.4) is 0 Å². The number of hydrogen-bond donors (Lipinski definition) is 1. The highest BCUT2D eigenvalue weighted by Gasteiger charge is 2.12. The molecule has 0 aliphatic heterocycles. The maximum absolute atomic E-state index is 10.2. The molecule has 0 saturated carbocycles. The maximum atomic E-state index is 10.2. The zero-order chi connectivity index (χ0) is 7.44. The number of Topliss-reactive ketones (excluding diaryl/α,β-unsaturated/α-hetero) is 1. The largest absolute Gasteiger partial charge is 0.481 e. The highest BCUT2D eigenvalue weighted by atomic mass is 16.4. The number of carboxylic acids is 1. The second-order valence-corrected chi connectivity index (χ2v) is 1.76. The molecule has 0 aromatic heterocycles. The summed E-state index contributed by atoms with van der Waals surface area (Å²) < 4.78 is 0. The summed E-state index contributed by atoms with van der Waals surface area (Å²) in [6.45, 7) is 1.21. The number of aliphatic carboxylic acids is 1. The third kappa shape index (κ3) is 3.66. The van der Waals surface area contributed by atoms with Crippen molar-refractivity contribution in [3.8, 4) is 0 Å². The molecule has 0 aliphatic carbocycles. The van der Waals surface area contributed by atoms with E-state index in [9.17, 15) is 9.59 Å². The molecule has 4 nitrogen and oxygen atoms in total. The molecule has 51 valence electrons. The first-order valence-corrected chi connectivity index (χ1v) is 2.47. The lowest BCUT2D eigenvalue weighted by Gasteiger charge is -1.99. The first-order chi connectivity index (χ1) is 4.04. The normalized spacial score (nSPS) is 12.7. The van der Waals surface area contributed by atoms with Crippen molar-refractivity contribution in [1.82, 2.24) is 5.73 Å². The van der Waals surface area contributed by atoms with E-state index in [-0.39, 0.29) is 0 Å². The van der Waals surface area contributed by atoms with Crippen LogP contribution in [0.4, 0.5) is 0 Å². The van der Waals surface area contributed by atoms with Gasteiger partial charge in [0.25, 0.3) is 0 Å². The summed E-state index contributed by atoms with van der Waals surface area (Å²) in [6, 6.07) is -1.09. The number of ketones is 1. The van der Waals surface area contributed by atoms with Gasteiger partial charge in [0.15, 0.2) is 0 Å². The van der Waals surface area contributed by atoms with Gasteiger partial charge in [-0.05, 0) is 6.92 Å². The van der Waals surface area contributed by atoms with Crippen molar-refractivity contribution in [2.45, 2.75) is 19.4 Å². The Balaban J connectivity index is 3.63. The molecule has 1 radical (unpaired) electrons. The Morgan fingerprint density at radius 1 is 1.67 bits per heavy atom. The minimum atomic E-state index is -1.11. The van der Waals surface area contributed by atoms with Gasteiger partial charge in [0.05, 0.1) is 12.5 Å². The van der Waals surface area contributed by atoms with Crippen LogP contribution >= 0.6 is 0 Å². The average Bonchev–Trinajstić information content (AvgIpc) is 1.63. The Hall–Kier alpha value is -0.900. The summed E-state index contributed by atoms with van der Waals surface area (Å²) >= 11 is 0. The van der Waals surface area contributed by atoms with Crippen LogP contribution in [0.2, 0.25) is 0 Å². The monoisotopic (exact) mass is 130 g/mol. The van der Waals surface area contributed by atoms with Crippen molar-refractivity contribution in [2.75, 3.05) is 0 Å². The van der Waals surface area contributed by atoms with Crippen molar-refractivity contribution in [2.24, 2.45) is 0 Å². The summed E-state index contributed by atoms with van der Waals surface area (Å²) in [5.74, 6) is -1.51. The summed E-state index contributed by atoms with van der Waals surface area (Å²) in [7, 11) is 0. The number of rotatable bonds is 3. The van der Waals surface area contributed by atoms with E-state index < -0.39 is 24.2 Å². The molecule has 1 atom stereocenters. The predicted molar refractivity (Wildman–Crippen MR) is 29.8 cm³/mol. The highest BCUT2D eigenvalue weighted by molar-refractivity contribution is 5.85. The Bertz CT molecular complexity index is 132. The smallest absolute Gasteiger partial charge is 0.305 e. The van der Waals surface area contributed by atoms with Crippen LogP contribution in [0, 0.1) is 0 Å². The molecule has 0 aromatic carbocycles. The van der Waals surface area contributed by atoms with Gasteiger partial charge in [0.2, 0.25) is 0 Å². The van der Waals surface area contributed by atoms with Crippen molar-refractivity contribution in [3.05, 3.63) is 0 Å². The third-order valence-corrected chi connectivity index (χ3v) is 0.869. The molecule has 0 heterocycles. The molecule has 2 N–H and O–H groups in total. The first kappa shape index (κ1) is 8.10. The lowest BCUT2D eigenvalue weighted by Crippen LogP contribution is -2.22. The van der Waals surface area contributed by atoms with E-state index in [1.807, 2.05) is 0 Å². The fourth-order valence-corrected chi connectivity index (χ4v) is 0.318. The number of carbonyl (C=O) groups excluding carboxylic acids is 1. The summed E-state index contributed by atoms with van der Waals surface area (Å²) in [6.07, 6.45) is -0.394. The zero-order valence-electron chi connectivity index (χ0n) is 5.05. The van der Waals surface area contributed by atoms with Gasteiger partial charge in [-0.3, -0.25) is 9.59 Å². The van der Waals surface area contributed by atoms with Crippen molar-refractivity contribution < 1.29 is 14.7 Å². The molecule has 4 heteroatoms. The van der Waals surface area contributed by atoms with Crippen LogP contribution in [-0.4, -0.2) is 22.9 Å². The Morgan fingerprint density at radius 3 is 2.22 bits per heavy atom. The van der Waals surface area contributed by atoms with Crippen LogP contribution in [0.1, 0.15) is 13.3 Å². The van der Waals surface area contributed by atoms with E-state index in [1.54, 1.807) is 0 Å². The minimum Gasteiger partial charge on any atom is -0.481 e. The van der Waals surface area contributed by atoms with Crippen LogP contribution in [0.25, 0.3) is 0 Å². The molecule has 0 amide bonds. The van der Waals surface area contributed by atoms with Crippen molar-refractivity contribution in [3.63, 3.8) is 0 Å². The van der Waals surface area contributed by atoms with E-state index in [0.717, 1.165) is 0 Å². The average molecular weight is 130 g/mol. The quantitative estimate of drug-likeness (QED) is 0.569. The second-order valence-electron chi connectivity index (χ2n) is 1.76. The van der Waals surface area contributed by atoms with Gasteiger partial charge >= 0.3 is 5.97 Å². The van der Waals surface area contributed by atoms with Gasteiger partial charge in [0.1, 0.15) is 5.78 Å².